The zero-order chi connectivity index (χ0) is 18.5. The van der Waals surface area contributed by atoms with Crippen LogP contribution in [0.4, 0.5) is 0 Å². The summed E-state index contributed by atoms with van der Waals surface area (Å²) in [5.41, 5.74) is 3.70. The third kappa shape index (κ3) is 4.42. The molecular weight excluding hydrogens is 384 g/mol. The number of hydrogen-bond acceptors (Lipinski definition) is 8. The number of thiazole rings is 2. The molecule has 0 aliphatic heterocycles. The van der Waals surface area contributed by atoms with E-state index in [1.165, 1.54) is 22.7 Å². The topological polar surface area (TPSA) is 74.5 Å². The number of ether oxygens (including phenoxy) is 2. The van der Waals surface area contributed by atoms with Gasteiger partial charge in [-0.05, 0) is 30.3 Å². The summed E-state index contributed by atoms with van der Waals surface area (Å²) in [4.78, 5) is 20.9. The molecule has 0 aliphatic carbocycles. The number of hydrogen-bond donors (Lipinski definition) is 0. The van der Waals surface area contributed by atoms with Crippen LogP contribution in [0.1, 0.15) is 21.7 Å². The molecule has 0 aliphatic rings. The zero-order valence-electron chi connectivity index (χ0n) is 14.0. The smallest absolute Gasteiger partial charge is 0.338 e. The van der Waals surface area contributed by atoms with Gasteiger partial charge in [-0.1, -0.05) is 6.07 Å². The maximum atomic E-state index is 12.3. The van der Waals surface area contributed by atoms with Crippen molar-refractivity contribution < 1.29 is 18.7 Å². The van der Waals surface area contributed by atoms with Crippen molar-refractivity contribution in [3.8, 4) is 16.5 Å². The average molecular weight is 398 g/mol. The van der Waals surface area contributed by atoms with E-state index in [0.717, 1.165) is 10.7 Å². The van der Waals surface area contributed by atoms with E-state index < -0.39 is 5.97 Å². The molecule has 0 fully saturated rings. The van der Waals surface area contributed by atoms with Crippen LogP contribution >= 0.6 is 22.7 Å². The van der Waals surface area contributed by atoms with Crippen molar-refractivity contribution >= 4 is 28.6 Å². The molecule has 0 saturated heterocycles. The Morgan fingerprint density at radius 2 is 2.07 bits per heavy atom. The van der Waals surface area contributed by atoms with Crippen LogP contribution in [0.2, 0.25) is 0 Å². The van der Waals surface area contributed by atoms with Crippen LogP contribution in [-0.4, -0.2) is 15.9 Å². The molecule has 0 bridgehead atoms. The van der Waals surface area contributed by atoms with Gasteiger partial charge in [0.25, 0.3) is 0 Å². The van der Waals surface area contributed by atoms with Gasteiger partial charge in [-0.2, -0.15) is 0 Å². The van der Waals surface area contributed by atoms with Crippen molar-refractivity contribution in [1.29, 1.82) is 0 Å². The van der Waals surface area contributed by atoms with E-state index in [-0.39, 0.29) is 6.61 Å². The van der Waals surface area contributed by atoms with Crippen LogP contribution in [0.3, 0.4) is 0 Å². The molecule has 27 heavy (non-hydrogen) atoms. The minimum Gasteiger partial charge on any atom is -0.487 e. The molecule has 1 aromatic carbocycles. The van der Waals surface area contributed by atoms with Crippen molar-refractivity contribution in [3.63, 3.8) is 0 Å². The molecule has 0 radical (unpaired) electrons. The first-order valence-corrected chi connectivity index (χ1v) is 9.85. The van der Waals surface area contributed by atoms with Crippen LogP contribution in [0.15, 0.2) is 63.3 Å². The fourth-order valence-corrected chi connectivity index (χ4v) is 3.60. The number of carbonyl (C=O) groups is 1. The summed E-state index contributed by atoms with van der Waals surface area (Å²) in [7, 11) is 0. The fourth-order valence-electron chi connectivity index (χ4n) is 2.29. The summed E-state index contributed by atoms with van der Waals surface area (Å²) < 4.78 is 16.3. The van der Waals surface area contributed by atoms with E-state index in [0.29, 0.717) is 29.4 Å². The SMILES string of the molecule is O=C(OCc1csc(-c2ccco2)n1)c1cccc(OCc2cscn2)c1. The fraction of sp³-hybridized carbons (Fsp3) is 0.105. The van der Waals surface area contributed by atoms with Crippen LogP contribution in [0.25, 0.3) is 10.8 Å². The number of nitrogens with zero attached hydrogens (tertiary/aromatic N) is 2. The minimum absolute atomic E-state index is 0.0972. The van der Waals surface area contributed by atoms with Gasteiger partial charge < -0.3 is 13.9 Å². The van der Waals surface area contributed by atoms with E-state index in [2.05, 4.69) is 9.97 Å². The van der Waals surface area contributed by atoms with Gasteiger partial charge >= 0.3 is 5.97 Å². The lowest BCUT2D eigenvalue weighted by atomic mass is 10.2. The summed E-state index contributed by atoms with van der Waals surface area (Å²) in [6.07, 6.45) is 1.60. The Morgan fingerprint density at radius 3 is 2.89 bits per heavy atom. The summed E-state index contributed by atoms with van der Waals surface area (Å²) in [6, 6.07) is 10.5. The molecule has 0 spiro atoms. The van der Waals surface area contributed by atoms with Gasteiger partial charge in [0.05, 0.1) is 28.7 Å². The molecule has 0 atom stereocenters. The number of aromatic nitrogens is 2. The van der Waals surface area contributed by atoms with Crippen molar-refractivity contribution in [3.05, 3.63) is 75.9 Å². The van der Waals surface area contributed by atoms with E-state index in [1.807, 2.05) is 16.8 Å². The number of esters is 1. The Kier molecular flexibility index (Phi) is 5.27. The predicted octanol–water partition coefficient (Wildman–Crippen LogP) is 4.80. The Balaban J connectivity index is 1.35. The molecule has 4 rings (SSSR count). The molecule has 3 aromatic heterocycles. The van der Waals surface area contributed by atoms with Crippen molar-refractivity contribution in [2.24, 2.45) is 0 Å². The monoisotopic (exact) mass is 398 g/mol. The van der Waals surface area contributed by atoms with E-state index in [9.17, 15) is 4.79 Å². The lowest BCUT2D eigenvalue weighted by Crippen LogP contribution is -2.06. The molecular formula is C19H14N2O4S2. The lowest BCUT2D eigenvalue weighted by molar-refractivity contribution is 0.0468. The largest absolute Gasteiger partial charge is 0.487 e. The predicted molar refractivity (Wildman–Crippen MR) is 102 cm³/mol. The molecule has 0 N–H and O–H groups in total. The van der Waals surface area contributed by atoms with E-state index in [1.54, 1.807) is 42.1 Å². The summed E-state index contributed by atoms with van der Waals surface area (Å²) in [5.74, 6) is 0.857. The lowest BCUT2D eigenvalue weighted by Gasteiger charge is -2.07. The molecule has 0 saturated carbocycles. The maximum Gasteiger partial charge on any atom is 0.338 e. The molecule has 6 nitrogen and oxygen atoms in total. The van der Waals surface area contributed by atoms with Gasteiger partial charge in [0.15, 0.2) is 10.8 Å². The third-order valence-electron chi connectivity index (χ3n) is 3.57. The second-order valence-corrected chi connectivity index (χ2v) is 7.07. The van der Waals surface area contributed by atoms with Gasteiger partial charge in [-0.15, -0.1) is 22.7 Å². The van der Waals surface area contributed by atoms with Crippen molar-refractivity contribution in [1.82, 2.24) is 9.97 Å². The quantitative estimate of drug-likeness (QED) is 0.417. The highest BCUT2D eigenvalue weighted by molar-refractivity contribution is 7.13. The van der Waals surface area contributed by atoms with Gasteiger partial charge in [-0.3, -0.25) is 0 Å². The normalized spacial score (nSPS) is 10.7. The van der Waals surface area contributed by atoms with Crippen LogP contribution in [0, 0.1) is 0 Å². The second-order valence-electron chi connectivity index (χ2n) is 5.49. The van der Waals surface area contributed by atoms with Crippen molar-refractivity contribution in [2.45, 2.75) is 13.2 Å². The molecule has 0 amide bonds. The average Bonchev–Trinajstić information content (AvgIpc) is 3.47. The highest BCUT2D eigenvalue weighted by atomic mass is 32.1. The first kappa shape index (κ1) is 17.4. The second kappa shape index (κ2) is 8.15. The highest BCUT2D eigenvalue weighted by Crippen LogP contribution is 2.24. The Bertz CT molecular complexity index is 1010. The number of furan rings is 1. The standard InChI is InChI=1S/C19H14N2O4S2/c22-19(25-9-15-11-27-18(21-15)17-5-2-6-23-17)13-3-1-4-16(7-13)24-8-14-10-26-12-20-14/h1-7,10-12H,8-9H2. The molecule has 4 aromatic rings. The number of carbonyl (C=O) groups excluding carboxylic acids is 1. The first-order chi connectivity index (χ1) is 13.3. The summed E-state index contributed by atoms with van der Waals surface area (Å²) in [5, 5.41) is 4.52. The highest BCUT2D eigenvalue weighted by Gasteiger charge is 2.12. The van der Waals surface area contributed by atoms with Gasteiger partial charge in [0.1, 0.15) is 19.0 Å². The minimum atomic E-state index is -0.429. The Morgan fingerprint density at radius 1 is 1.11 bits per heavy atom. The van der Waals surface area contributed by atoms with Crippen LogP contribution in [-0.2, 0) is 18.0 Å². The summed E-state index contributed by atoms with van der Waals surface area (Å²) >= 11 is 2.95. The Hall–Kier alpha value is -2.97. The summed E-state index contributed by atoms with van der Waals surface area (Å²) in [6.45, 7) is 0.455. The molecule has 8 heteroatoms. The molecule has 136 valence electrons. The molecule has 0 unspecified atom stereocenters. The third-order valence-corrected chi connectivity index (χ3v) is 5.12. The van der Waals surface area contributed by atoms with Crippen LogP contribution in [0.5, 0.6) is 5.75 Å². The maximum absolute atomic E-state index is 12.3. The first-order valence-electron chi connectivity index (χ1n) is 8.03. The number of rotatable bonds is 7. The van der Waals surface area contributed by atoms with Gasteiger partial charge in [-0.25, -0.2) is 14.8 Å². The van der Waals surface area contributed by atoms with Crippen LogP contribution < -0.4 is 4.74 Å². The zero-order valence-corrected chi connectivity index (χ0v) is 15.7. The van der Waals surface area contributed by atoms with E-state index in [4.69, 9.17) is 13.9 Å². The number of benzene rings is 1. The molecule has 3 heterocycles. The van der Waals surface area contributed by atoms with E-state index >= 15 is 0 Å². The Labute approximate surface area is 163 Å². The van der Waals surface area contributed by atoms with Gasteiger partial charge in [0, 0.05) is 10.8 Å². The van der Waals surface area contributed by atoms with Crippen molar-refractivity contribution in [2.75, 3.05) is 0 Å². The van der Waals surface area contributed by atoms with Gasteiger partial charge in [0.2, 0.25) is 0 Å².